The average molecular weight is 421 g/mol. The van der Waals surface area contributed by atoms with Crippen LogP contribution in [-0.4, -0.2) is 52.9 Å². The number of aliphatic hydroxyl groups is 1. The lowest BCUT2D eigenvalue weighted by Gasteiger charge is -2.40. The van der Waals surface area contributed by atoms with Gasteiger partial charge in [0.25, 0.3) is 0 Å². The molecular formula is C27H36N2O2. The predicted molar refractivity (Wildman–Crippen MR) is 125 cm³/mol. The van der Waals surface area contributed by atoms with Crippen LogP contribution in [0.2, 0.25) is 0 Å². The summed E-state index contributed by atoms with van der Waals surface area (Å²) in [4.78, 5) is 17.7. The minimum atomic E-state index is -1.37. The van der Waals surface area contributed by atoms with Gasteiger partial charge < -0.3 is 10.0 Å². The van der Waals surface area contributed by atoms with Gasteiger partial charge in [-0.2, -0.15) is 0 Å². The quantitative estimate of drug-likeness (QED) is 0.728. The van der Waals surface area contributed by atoms with Crippen LogP contribution >= 0.6 is 0 Å². The van der Waals surface area contributed by atoms with Gasteiger partial charge in [0, 0.05) is 24.5 Å². The SMILES string of the molecule is CC(=O)C(O)(c1ccccc1)C1CCC(N(C)C2CCN(Cc3ccccc3)CC2)C1. The van der Waals surface area contributed by atoms with Gasteiger partial charge in [-0.25, -0.2) is 0 Å². The summed E-state index contributed by atoms with van der Waals surface area (Å²) in [6, 6.07) is 21.3. The van der Waals surface area contributed by atoms with Crippen molar-refractivity contribution in [3.63, 3.8) is 0 Å². The predicted octanol–water partition coefficient (Wildman–Crippen LogP) is 4.23. The first-order valence-electron chi connectivity index (χ1n) is 11.8. The van der Waals surface area contributed by atoms with E-state index in [1.165, 1.54) is 25.3 Å². The molecule has 1 N–H and O–H groups in total. The Labute approximate surface area is 186 Å². The molecule has 2 aromatic carbocycles. The zero-order valence-electron chi connectivity index (χ0n) is 18.9. The first kappa shape index (κ1) is 22.2. The maximum Gasteiger partial charge on any atom is 0.166 e. The van der Waals surface area contributed by atoms with Crippen LogP contribution in [0.5, 0.6) is 0 Å². The molecule has 0 amide bonds. The van der Waals surface area contributed by atoms with Gasteiger partial charge in [0.2, 0.25) is 0 Å². The number of carbonyl (C=O) groups excluding carboxylic acids is 1. The molecule has 4 heteroatoms. The minimum Gasteiger partial charge on any atom is -0.377 e. The maximum atomic E-state index is 12.5. The number of hydrogen-bond acceptors (Lipinski definition) is 4. The number of hydrogen-bond donors (Lipinski definition) is 1. The molecule has 4 rings (SSSR count). The van der Waals surface area contributed by atoms with Gasteiger partial charge in [0.15, 0.2) is 11.4 Å². The van der Waals surface area contributed by atoms with Crippen LogP contribution in [-0.2, 0) is 16.9 Å². The highest BCUT2D eigenvalue weighted by Crippen LogP contribution is 2.43. The third-order valence-corrected chi connectivity index (χ3v) is 7.70. The van der Waals surface area contributed by atoms with Crippen molar-refractivity contribution in [2.24, 2.45) is 5.92 Å². The van der Waals surface area contributed by atoms with Crippen LogP contribution in [0.3, 0.4) is 0 Å². The summed E-state index contributed by atoms with van der Waals surface area (Å²) < 4.78 is 0. The van der Waals surface area contributed by atoms with Gasteiger partial charge in [-0.15, -0.1) is 0 Å². The molecule has 2 aliphatic rings. The molecule has 2 fully saturated rings. The summed E-state index contributed by atoms with van der Waals surface area (Å²) in [6.45, 7) is 4.82. The van der Waals surface area contributed by atoms with E-state index < -0.39 is 5.60 Å². The molecule has 0 spiro atoms. The Bertz CT molecular complexity index is 848. The molecule has 1 aliphatic carbocycles. The van der Waals surface area contributed by atoms with Gasteiger partial charge in [-0.1, -0.05) is 60.7 Å². The van der Waals surface area contributed by atoms with E-state index in [4.69, 9.17) is 0 Å². The van der Waals surface area contributed by atoms with Crippen molar-refractivity contribution < 1.29 is 9.90 Å². The van der Waals surface area contributed by atoms with Crippen molar-refractivity contribution in [3.8, 4) is 0 Å². The fraction of sp³-hybridized carbons (Fsp3) is 0.519. The van der Waals surface area contributed by atoms with E-state index in [2.05, 4.69) is 47.2 Å². The van der Waals surface area contributed by atoms with E-state index in [1.54, 1.807) is 0 Å². The highest BCUT2D eigenvalue weighted by molar-refractivity contribution is 5.86. The number of nitrogens with zero attached hydrogens (tertiary/aromatic N) is 2. The summed E-state index contributed by atoms with van der Waals surface area (Å²) in [5, 5.41) is 11.5. The molecule has 166 valence electrons. The number of ketones is 1. The Kier molecular flexibility index (Phi) is 6.90. The molecule has 1 saturated carbocycles. The van der Waals surface area contributed by atoms with Crippen molar-refractivity contribution in [1.82, 2.24) is 9.80 Å². The number of Topliss-reactive ketones (excluding diaryl/α,β-unsaturated/α-hetero) is 1. The fourth-order valence-electron chi connectivity index (χ4n) is 5.75. The van der Waals surface area contributed by atoms with E-state index in [0.29, 0.717) is 12.1 Å². The second-order valence-electron chi connectivity index (χ2n) is 9.51. The van der Waals surface area contributed by atoms with Crippen molar-refractivity contribution in [3.05, 3.63) is 71.8 Å². The van der Waals surface area contributed by atoms with Crippen LogP contribution in [0, 0.1) is 5.92 Å². The van der Waals surface area contributed by atoms with Crippen molar-refractivity contribution >= 4 is 5.78 Å². The van der Waals surface area contributed by atoms with E-state index in [-0.39, 0.29) is 11.7 Å². The Morgan fingerprint density at radius 3 is 2.19 bits per heavy atom. The highest BCUT2D eigenvalue weighted by Gasteiger charge is 2.47. The number of carbonyl (C=O) groups is 1. The maximum absolute atomic E-state index is 12.5. The molecule has 1 heterocycles. The molecule has 0 aromatic heterocycles. The minimum absolute atomic E-state index is 0.0157. The zero-order valence-corrected chi connectivity index (χ0v) is 18.9. The Morgan fingerprint density at radius 2 is 1.58 bits per heavy atom. The van der Waals surface area contributed by atoms with E-state index >= 15 is 0 Å². The van der Waals surface area contributed by atoms with E-state index in [9.17, 15) is 9.90 Å². The summed E-state index contributed by atoms with van der Waals surface area (Å²) >= 11 is 0. The second-order valence-corrected chi connectivity index (χ2v) is 9.51. The molecule has 4 nitrogen and oxygen atoms in total. The van der Waals surface area contributed by atoms with E-state index in [0.717, 1.165) is 44.5 Å². The molecule has 1 saturated heterocycles. The molecule has 3 atom stereocenters. The van der Waals surface area contributed by atoms with Gasteiger partial charge in [0.1, 0.15) is 0 Å². The van der Waals surface area contributed by atoms with E-state index in [1.807, 2.05) is 30.3 Å². The topological polar surface area (TPSA) is 43.8 Å². The molecule has 0 radical (unpaired) electrons. The third-order valence-electron chi connectivity index (χ3n) is 7.70. The smallest absolute Gasteiger partial charge is 0.166 e. The molecule has 31 heavy (non-hydrogen) atoms. The fourth-order valence-corrected chi connectivity index (χ4v) is 5.75. The summed E-state index contributed by atoms with van der Waals surface area (Å²) in [6.07, 6.45) is 5.19. The van der Waals surface area contributed by atoms with Gasteiger partial charge in [-0.05, 0) is 70.3 Å². The number of rotatable bonds is 7. The van der Waals surface area contributed by atoms with Crippen molar-refractivity contribution in [2.45, 2.75) is 63.3 Å². The van der Waals surface area contributed by atoms with Gasteiger partial charge in [0.05, 0.1) is 0 Å². The summed E-state index contributed by atoms with van der Waals surface area (Å²) in [7, 11) is 2.25. The normalized spacial score (nSPS) is 24.9. The van der Waals surface area contributed by atoms with Gasteiger partial charge in [-0.3, -0.25) is 9.69 Å². The Balaban J connectivity index is 1.34. The molecule has 0 bridgehead atoms. The molecule has 2 aromatic rings. The Hall–Kier alpha value is -2.01. The molecule has 3 unspecified atom stereocenters. The number of benzene rings is 2. The number of likely N-dealkylation sites (tertiary alicyclic amines) is 1. The largest absolute Gasteiger partial charge is 0.377 e. The third kappa shape index (κ3) is 4.77. The summed E-state index contributed by atoms with van der Waals surface area (Å²) in [5.74, 6) is -0.153. The lowest BCUT2D eigenvalue weighted by molar-refractivity contribution is -0.142. The Morgan fingerprint density at radius 1 is 0.968 bits per heavy atom. The first-order chi connectivity index (χ1) is 15.0. The second kappa shape index (κ2) is 9.64. The van der Waals surface area contributed by atoms with Crippen molar-refractivity contribution in [1.29, 1.82) is 0 Å². The van der Waals surface area contributed by atoms with Crippen LogP contribution in [0.15, 0.2) is 60.7 Å². The zero-order chi connectivity index (χ0) is 21.8. The lowest BCUT2D eigenvalue weighted by atomic mass is 9.77. The van der Waals surface area contributed by atoms with Crippen LogP contribution in [0.25, 0.3) is 0 Å². The van der Waals surface area contributed by atoms with Gasteiger partial charge >= 0.3 is 0 Å². The summed E-state index contributed by atoms with van der Waals surface area (Å²) in [5.41, 5.74) is 0.762. The highest BCUT2D eigenvalue weighted by atomic mass is 16.3. The lowest BCUT2D eigenvalue weighted by Crippen LogP contribution is -2.47. The monoisotopic (exact) mass is 420 g/mol. The molecular weight excluding hydrogens is 384 g/mol. The van der Waals surface area contributed by atoms with Crippen LogP contribution in [0.4, 0.5) is 0 Å². The van der Waals surface area contributed by atoms with Crippen molar-refractivity contribution in [2.75, 3.05) is 20.1 Å². The van der Waals surface area contributed by atoms with Crippen LogP contribution < -0.4 is 0 Å². The average Bonchev–Trinajstić information content (AvgIpc) is 3.30. The van der Waals surface area contributed by atoms with Crippen LogP contribution in [0.1, 0.15) is 50.2 Å². The molecule has 1 aliphatic heterocycles. The first-order valence-corrected chi connectivity index (χ1v) is 11.8. The number of piperidine rings is 1. The standard InChI is InChI=1S/C27H36N2O2/c1-21(30)27(31,23-11-7-4-8-12-23)24-13-14-26(19-24)28(2)25-15-17-29(18-16-25)20-22-9-5-3-6-10-22/h3-12,24-26,31H,13-20H2,1-2H3.